The van der Waals surface area contributed by atoms with Crippen molar-refractivity contribution in [1.29, 1.82) is 0 Å². The number of halogens is 1. The molecule has 0 spiro atoms. The van der Waals surface area contributed by atoms with E-state index in [1.54, 1.807) is 0 Å². The molecule has 2 N–H and O–H groups in total. The first kappa shape index (κ1) is 15.8. The lowest BCUT2D eigenvalue weighted by atomic mass is 10.1. The highest BCUT2D eigenvalue weighted by Gasteiger charge is 2.34. The second-order valence-electron chi connectivity index (χ2n) is 6.55. The van der Waals surface area contributed by atoms with Crippen LogP contribution >= 0.6 is 15.9 Å². The Hall–Kier alpha value is -1.66. The van der Waals surface area contributed by atoms with Crippen LogP contribution < -0.4 is 5.73 Å². The molecule has 1 unspecified atom stereocenters. The summed E-state index contributed by atoms with van der Waals surface area (Å²) < 4.78 is 2.96. The second-order valence-corrected chi connectivity index (χ2v) is 7.47. The predicted octanol–water partition coefficient (Wildman–Crippen LogP) is 2.69. The van der Waals surface area contributed by atoms with Gasteiger partial charge in [-0.2, -0.15) is 5.10 Å². The standard InChI is InChI=1S/C18H21BrN4O/c19-12-4-1-5-13(10-12)23-16-8-2-7-15(16)17(21-23)18(24)22-9-3-6-14(22)11-20/h1,4-5,10,14H,2-3,6-9,11,20H2. The highest BCUT2D eigenvalue weighted by atomic mass is 79.9. The van der Waals surface area contributed by atoms with Gasteiger partial charge in [0, 0.05) is 34.9 Å². The van der Waals surface area contributed by atoms with E-state index < -0.39 is 0 Å². The van der Waals surface area contributed by atoms with E-state index in [9.17, 15) is 4.79 Å². The minimum Gasteiger partial charge on any atom is -0.333 e. The Morgan fingerprint density at radius 1 is 1.33 bits per heavy atom. The summed E-state index contributed by atoms with van der Waals surface area (Å²) in [4.78, 5) is 15.0. The van der Waals surface area contributed by atoms with Crippen molar-refractivity contribution in [3.63, 3.8) is 0 Å². The summed E-state index contributed by atoms with van der Waals surface area (Å²) in [7, 11) is 0. The van der Waals surface area contributed by atoms with Crippen molar-refractivity contribution >= 4 is 21.8 Å². The maximum Gasteiger partial charge on any atom is 0.274 e. The van der Waals surface area contributed by atoms with Gasteiger partial charge in [0.05, 0.1) is 5.69 Å². The van der Waals surface area contributed by atoms with Crippen LogP contribution in [0.15, 0.2) is 28.7 Å². The van der Waals surface area contributed by atoms with Gasteiger partial charge in [0.2, 0.25) is 0 Å². The van der Waals surface area contributed by atoms with E-state index in [0.717, 1.165) is 54.4 Å². The molecule has 1 aliphatic heterocycles. The molecule has 24 heavy (non-hydrogen) atoms. The summed E-state index contributed by atoms with van der Waals surface area (Å²) in [6.45, 7) is 1.32. The number of hydrogen-bond acceptors (Lipinski definition) is 3. The van der Waals surface area contributed by atoms with Crippen LogP contribution in [0, 0.1) is 0 Å². The van der Waals surface area contributed by atoms with E-state index in [2.05, 4.69) is 15.9 Å². The lowest BCUT2D eigenvalue weighted by Crippen LogP contribution is -2.40. The number of carbonyl (C=O) groups excluding carboxylic acids is 1. The lowest BCUT2D eigenvalue weighted by Gasteiger charge is -2.22. The number of nitrogens with zero attached hydrogens (tertiary/aromatic N) is 3. The van der Waals surface area contributed by atoms with Gasteiger partial charge in [0.1, 0.15) is 0 Å². The average Bonchev–Trinajstić information content (AvgIpc) is 3.29. The molecule has 1 fully saturated rings. The van der Waals surface area contributed by atoms with Crippen molar-refractivity contribution in [3.8, 4) is 5.69 Å². The zero-order valence-corrected chi connectivity index (χ0v) is 15.1. The zero-order chi connectivity index (χ0) is 16.7. The first-order valence-corrected chi connectivity index (χ1v) is 9.36. The highest BCUT2D eigenvalue weighted by molar-refractivity contribution is 9.10. The SMILES string of the molecule is NCC1CCCN1C(=O)c1nn(-c2cccc(Br)c2)c2c1CCC2. The van der Waals surface area contributed by atoms with E-state index >= 15 is 0 Å². The topological polar surface area (TPSA) is 64.2 Å². The van der Waals surface area contributed by atoms with Crippen molar-refractivity contribution in [2.45, 2.75) is 38.1 Å². The summed E-state index contributed by atoms with van der Waals surface area (Å²) in [6.07, 6.45) is 5.02. The molecule has 2 aromatic rings. The molecule has 6 heteroatoms. The molecular formula is C18H21BrN4O. The van der Waals surface area contributed by atoms with Crippen molar-refractivity contribution in [2.75, 3.05) is 13.1 Å². The number of rotatable bonds is 3. The summed E-state index contributed by atoms with van der Waals surface area (Å²) >= 11 is 3.52. The molecule has 1 saturated heterocycles. The van der Waals surface area contributed by atoms with Gasteiger partial charge in [0.25, 0.3) is 5.91 Å². The Bertz CT molecular complexity index is 785. The molecule has 1 aliphatic carbocycles. The Kier molecular flexibility index (Phi) is 4.18. The van der Waals surface area contributed by atoms with Gasteiger partial charge in [-0.25, -0.2) is 4.68 Å². The largest absolute Gasteiger partial charge is 0.333 e. The number of carbonyl (C=O) groups is 1. The minimum absolute atomic E-state index is 0.0508. The summed E-state index contributed by atoms with van der Waals surface area (Å²) in [5, 5.41) is 4.72. The fourth-order valence-corrected chi connectivity index (χ4v) is 4.30. The van der Waals surface area contributed by atoms with Crippen molar-refractivity contribution < 1.29 is 4.79 Å². The fraction of sp³-hybridized carbons (Fsp3) is 0.444. The number of likely N-dealkylation sites (tertiary alicyclic amines) is 1. The third-order valence-electron chi connectivity index (χ3n) is 5.10. The molecule has 1 atom stereocenters. The maximum absolute atomic E-state index is 13.1. The summed E-state index contributed by atoms with van der Waals surface area (Å²) in [6, 6.07) is 8.22. The molecule has 1 amide bonds. The quantitative estimate of drug-likeness (QED) is 0.878. The van der Waals surface area contributed by atoms with Crippen LogP contribution in [-0.2, 0) is 12.8 Å². The average molecular weight is 389 g/mol. The van der Waals surface area contributed by atoms with Gasteiger partial charge >= 0.3 is 0 Å². The van der Waals surface area contributed by atoms with Crippen LogP contribution in [0.3, 0.4) is 0 Å². The van der Waals surface area contributed by atoms with E-state index in [4.69, 9.17) is 10.8 Å². The van der Waals surface area contributed by atoms with Crippen LogP contribution in [-0.4, -0.2) is 39.7 Å². The number of nitrogens with two attached hydrogens (primary N) is 1. The molecule has 1 aromatic carbocycles. The Balaban J connectivity index is 1.75. The number of amides is 1. The minimum atomic E-state index is 0.0508. The molecule has 0 saturated carbocycles. The maximum atomic E-state index is 13.1. The number of hydrogen-bond donors (Lipinski definition) is 1. The van der Waals surface area contributed by atoms with Crippen LogP contribution in [0.25, 0.3) is 5.69 Å². The van der Waals surface area contributed by atoms with Gasteiger partial charge < -0.3 is 10.6 Å². The molecule has 4 rings (SSSR count). The van der Waals surface area contributed by atoms with E-state index in [-0.39, 0.29) is 11.9 Å². The van der Waals surface area contributed by atoms with Crippen molar-refractivity contribution in [2.24, 2.45) is 5.73 Å². The van der Waals surface area contributed by atoms with Gasteiger partial charge in [-0.1, -0.05) is 22.0 Å². The molecule has 1 aromatic heterocycles. The predicted molar refractivity (Wildman–Crippen MR) is 96.4 cm³/mol. The monoisotopic (exact) mass is 388 g/mol. The lowest BCUT2D eigenvalue weighted by molar-refractivity contribution is 0.0733. The van der Waals surface area contributed by atoms with Crippen LogP contribution in [0.5, 0.6) is 0 Å². The summed E-state index contributed by atoms with van der Waals surface area (Å²) in [5.41, 5.74) is 9.78. The van der Waals surface area contributed by atoms with Gasteiger partial charge in [-0.05, 0) is 50.3 Å². The van der Waals surface area contributed by atoms with Crippen LogP contribution in [0.1, 0.15) is 41.0 Å². The molecule has 0 bridgehead atoms. The highest BCUT2D eigenvalue weighted by Crippen LogP contribution is 2.30. The van der Waals surface area contributed by atoms with E-state index in [1.165, 1.54) is 5.69 Å². The van der Waals surface area contributed by atoms with Gasteiger partial charge in [0.15, 0.2) is 5.69 Å². The molecule has 5 nitrogen and oxygen atoms in total. The Morgan fingerprint density at radius 3 is 3.00 bits per heavy atom. The fourth-order valence-electron chi connectivity index (χ4n) is 3.91. The van der Waals surface area contributed by atoms with Crippen LogP contribution in [0.4, 0.5) is 0 Å². The van der Waals surface area contributed by atoms with E-state index in [0.29, 0.717) is 12.2 Å². The first-order valence-electron chi connectivity index (χ1n) is 8.57. The first-order chi connectivity index (χ1) is 11.7. The Labute approximate surface area is 149 Å². The molecule has 2 aliphatic rings. The molecule has 2 heterocycles. The summed E-state index contributed by atoms with van der Waals surface area (Å²) in [5.74, 6) is 0.0508. The van der Waals surface area contributed by atoms with Gasteiger partial charge in [-0.15, -0.1) is 0 Å². The number of aromatic nitrogens is 2. The van der Waals surface area contributed by atoms with Gasteiger partial charge in [-0.3, -0.25) is 4.79 Å². The molecule has 126 valence electrons. The molecule has 0 radical (unpaired) electrons. The zero-order valence-electron chi connectivity index (χ0n) is 13.5. The molecular weight excluding hydrogens is 368 g/mol. The number of benzene rings is 1. The van der Waals surface area contributed by atoms with Crippen molar-refractivity contribution in [3.05, 3.63) is 45.7 Å². The van der Waals surface area contributed by atoms with Crippen molar-refractivity contribution in [1.82, 2.24) is 14.7 Å². The normalized spacial score (nSPS) is 19.8. The Morgan fingerprint density at radius 2 is 2.21 bits per heavy atom. The number of fused-ring (bicyclic) bond motifs is 1. The smallest absolute Gasteiger partial charge is 0.274 e. The third kappa shape index (κ3) is 2.58. The van der Waals surface area contributed by atoms with Crippen LogP contribution in [0.2, 0.25) is 0 Å². The van der Waals surface area contributed by atoms with E-state index in [1.807, 2.05) is 33.8 Å². The second kappa shape index (κ2) is 6.33. The third-order valence-corrected chi connectivity index (χ3v) is 5.59.